The molecule has 1 aliphatic rings. The number of anilines is 1. The number of nitrogens with zero attached hydrogens (tertiary/aromatic N) is 2. The second kappa shape index (κ2) is 6.83. The Morgan fingerprint density at radius 2 is 2.10 bits per heavy atom. The van der Waals surface area contributed by atoms with E-state index < -0.39 is 0 Å². The van der Waals surface area contributed by atoms with Crippen LogP contribution < -0.4 is 5.73 Å². The molecule has 1 aromatic heterocycles. The molecule has 2 N–H and O–H groups in total. The van der Waals surface area contributed by atoms with E-state index in [9.17, 15) is 0 Å². The van der Waals surface area contributed by atoms with Gasteiger partial charge in [0.25, 0.3) is 5.89 Å². The molecule has 4 nitrogen and oxygen atoms in total. The molecule has 21 heavy (non-hydrogen) atoms. The van der Waals surface area contributed by atoms with Gasteiger partial charge in [-0.05, 0) is 47.0 Å². The van der Waals surface area contributed by atoms with Crippen LogP contribution in [0.2, 0.25) is 0 Å². The maximum atomic E-state index is 5.88. The Kier molecular flexibility index (Phi) is 4.85. The lowest BCUT2D eigenvalue weighted by molar-refractivity contribution is 0.425. The summed E-state index contributed by atoms with van der Waals surface area (Å²) >= 11 is 5.33. The van der Waals surface area contributed by atoms with Crippen LogP contribution in [0, 0.1) is 0 Å². The topological polar surface area (TPSA) is 64.9 Å². The molecule has 0 bridgehead atoms. The third-order valence-corrected chi connectivity index (χ3v) is 5.80. The minimum atomic E-state index is 0.536. The van der Waals surface area contributed by atoms with E-state index in [1.54, 1.807) is 0 Å². The quantitative estimate of drug-likeness (QED) is 0.796. The molecule has 6 heteroatoms. The van der Waals surface area contributed by atoms with Crippen molar-refractivity contribution in [1.29, 1.82) is 0 Å². The average Bonchev–Trinajstić information content (AvgIpc) is 2.98. The largest absolute Gasteiger partial charge is 0.398 e. The summed E-state index contributed by atoms with van der Waals surface area (Å²) in [5, 5.41) is 4.82. The third-order valence-electron chi connectivity index (χ3n) is 3.71. The Balaban J connectivity index is 1.63. The summed E-state index contributed by atoms with van der Waals surface area (Å²) < 4.78 is 6.21. The molecule has 0 aliphatic heterocycles. The first-order valence-electron chi connectivity index (χ1n) is 7.22. The van der Waals surface area contributed by atoms with Gasteiger partial charge in [-0.15, -0.1) is 0 Å². The van der Waals surface area contributed by atoms with Crippen LogP contribution in [-0.2, 0) is 5.75 Å². The van der Waals surface area contributed by atoms with Gasteiger partial charge in [0.15, 0.2) is 5.82 Å². The summed E-state index contributed by atoms with van der Waals surface area (Å²) in [5.41, 5.74) is 7.41. The number of rotatable bonds is 4. The second-order valence-electron chi connectivity index (χ2n) is 5.32. The molecule has 1 heterocycles. The van der Waals surface area contributed by atoms with Gasteiger partial charge in [0.1, 0.15) is 0 Å². The van der Waals surface area contributed by atoms with E-state index >= 15 is 0 Å². The van der Waals surface area contributed by atoms with Crippen LogP contribution in [0.5, 0.6) is 0 Å². The van der Waals surface area contributed by atoms with E-state index in [0.717, 1.165) is 26.9 Å². The van der Waals surface area contributed by atoms with Gasteiger partial charge < -0.3 is 10.3 Å². The van der Waals surface area contributed by atoms with E-state index in [-0.39, 0.29) is 0 Å². The van der Waals surface area contributed by atoms with Crippen molar-refractivity contribution in [3.05, 3.63) is 28.5 Å². The lowest BCUT2D eigenvalue weighted by Gasteiger charge is -2.19. The van der Waals surface area contributed by atoms with Crippen molar-refractivity contribution in [2.24, 2.45) is 0 Å². The molecule has 3 rings (SSSR count). The highest BCUT2D eigenvalue weighted by atomic mass is 79.9. The minimum Gasteiger partial charge on any atom is -0.398 e. The molecule has 0 unspecified atom stereocenters. The number of hydrogen-bond donors (Lipinski definition) is 1. The van der Waals surface area contributed by atoms with E-state index in [2.05, 4.69) is 26.1 Å². The van der Waals surface area contributed by atoms with Gasteiger partial charge in [0, 0.05) is 21.0 Å². The van der Waals surface area contributed by atoms with Crippen LogP contribution in [0.15, 0.2) is 27.2 Å². The van der Waals surface area contributed by atoms with E-state index in [1.807, 2.05) is 30.0 Å². The fourth-order valence-corrected chi connectivity index (χ4v) is 3.95. The zero-order valence-electron chi connectivity index (χ0n) is 11.7. The van der Waals surface area contributed by atoms with Crippen molar-refractivity contribution in [2.45, 2.75) is 43.1 Å². The van der Waals surface area contributed by atoms with Gasteiger partial charge >= 0.3 is 0 Å². The number of benzene rings is 1. The summed E-state index contributed by atoms with van der Waals surface area (Å²) in [6.45, 7) is 0. The third kappa shape index (κ3) is 3.80. The second-order valence-corrected chi connectivity index (χ2v) is 7.47. The number of aromatic nitrogens is 2. The average molecular weight is 368 g/mol. The highest BCUT2D eigenvalue weighted by Crippen LogP contribution is 2.31. The highest BCUT2D eigenvalue weighted by molar-refractivity contribution is 9.10. The fourth-order valence-electron chi connectivity index (χ4n) is 2.53. The molecule has 0 radical (unpaired) electrons. The zero-order chi connectivity index (χ0) is 14.7. The van der Waals surface area contributed by atoms with E-state index in [1.165, 1.54) is 32.1 Å². The lowest BCUT2D eigenvalue weighted by Crippen LogP contribution is -2.08. The predicted octanol–water partition coefficient (Wildman–Crippen LogP) is 4.65. The van der Waals surface area contributed by atoms with Gasteiger partial charge in [-0.25, -0.2) is 0 Å². The Morgan fingerprint density at radius 3 is 2.86 bits per heavy atom. The molecule has 0 saturated heterocycles. The maximum Gasteiger partial charge on any atom is 0.258 e. The predicted molar refractivity (Wildman–Crippen MR) is 90.0 cm³/mol. The number of halogens is 1. The van der Waals surface area contributed by atoms with Crippen LogP contribution >= 0.6 is 27.7 Å². The number of nitrogens with two attached hydrogens (primary N) is 1. The van der Waals surface area contributed by atoms with Gasteiger partial charge in [0.2, 0.25) is 0 Å². The van der Waals surface area contributed by atoms with Crippen molar-refractivity contribution in [3.8, 4) is 11.5 Å². The van der Waals surface area contributed by atoms with Crippen LogP contribution in [0.1, 0.15) is 37.9 Å². The summed E-state index contributed by atoms with van der Waals surface area (Å²) in [7, 11) is 0. The molecular formula is C15H18BrN3OS. The molecule has 1 fully saturated rings. The normalized spacial score (nSPS) is 16.2. The molecule has 1 saturated carbocycles. The summed E-state index contributed by atoms with van der Waals surface area (Å²) in [6.07, 6.45) is 6.73. The van der Waals surface area contributed by atoms with Crippen molar-refractivity contribution >= 4 is 33.4 Å². The number of thioether (sulfide) groups is 1. The van der Waals surface area contributed by atoms with Gasteiger partial charge in [-0.2, -0.15) is 16.7 Å². The Bertz CT molecular complexity index is 611. The first-order chi connectivity index (χ1) is 10.2. The van der Waals surface area contributed by atoms with Crippen LogP contribution in [-0.4, -0.2) is 15.4 Å². The van der Waals surface area contributed by atoms with Gasteiger partial charge in [-0.3, -0.25) is 0 Å². The smallest absolute Gasteiger partial charge is 0.258 e. The van der Waals surface area contributed by atoms with Crippen molar-refractivity contribution in [1.82, 2.24) is 10.1 Å². The monoisotopic (exact) mass is 367 g/mol. The molecule has 1 aromatic carbocycles. The number of hydrogen-bond acceptors (Lipinski definition) is 5. The Labute approximate surface area is 137 Å². The Morgan fingerprint density at radius 1 is 1.29 bits per heavy atom. The molecule has 112 valence electrons. The first-order valence-corrected chi connectivity index (χ1v) is 9.06. The molecule has 1 aliphatic carbocycles. The van der Waals surface area contributed by atoms with Gasteiger partial charge in [-0.1, -0.05) is 24.4 Å². The molecule has 2 aromatic rings. The molecular weight excluding hydrogens is 350 g/mol. The number of nitrogen functional groups attached to an aromatic ring is 1. The fraction of sp³-hybridized carbons (Fsp3) is 0.467. The Hall–Kier alpha value is -1.01. The maximum absolute atomic E-state index is 5.88. The zero-order valence-corrected chi connectivity index (χ0v) is 14.1. The molecule has 0 atom stereocenters. The van der Waals surface area contributed by atoms with Crippen molar-refractivity contribution < 1.29 is 4.52 Å². The SMILES string of the molecule is Nc1cc(-c2nc(CSC3CCCCC3)no2)ccc1Br. The van der Waals surface area contributed by atoms with Crippen LogP contribution in [0.4, 0.5) is 5.69 Å². The lowest BCUT2D eigenvalue weighted by atomic mass is 10.0. The standard InChI is InChI=1S/C15H18BrN3OS/c16-12-7-6-10(8-13(12)17)15-18-14(19-20-15)9-21-11-4-2-1-3-5-11/h6-8,11H,1-5,9,17H2. The first kappa shape index (κ1) is 14.9. The van der Waals surface area contributed by atoms with Gasteiger partial charge in [0.05, 0.1) is 5.75 Å². The van der Waals surface area contributed by atoms with Crippen LogP contribution in [0.25, 0.3) is 11.5 Å². The van der Waals surface area contributed by atoms with Crippen molar-refractivity contribution in [2.75, 3.05) is 5.73 Å². The minimum absolute atomic E-state index is 0.536. The highest BCUT2D eigenvalue weighted by Gasteiger charge is 2.16. The summed E-state index contributed by atoms with van der Waals surface area (Å²) in [5.74, 6) is 2.12. The van der Waals surface area contributed by atoms with Crippen molar-refractivity contribution in [3.63, 3.8) is 0 Å². The van der Waals surface area contributed by atoms with E-state index in [4.69, 9.17) is 10.3 Å². The van der Waals surface area contributed by atoms with Crippen LogP contribution in [0.3, 0.4) is 0 Å². The summed E-state index contributed by atoms with van der Waals surface area (Å²) in [6, 6.07) is 5.66. The molecule has 0 spiro atoms. The van der Waals surface area contributed by atoms with E-state index in [0.29, 0.717) is 11.6 Å². The molecule has 0 amide bonds. The summed E-state index contributed by atoms with van der Waals surface area (Å²) in [4.78, 5) is 4.47.